The summed E-state index contributed by atoms with van der Waals surface area (Å²) in [7, 11) is 1.33. The molecule has 2 aliphatic heterocycles. The zero-order valence-electron chi connectivity index (χ0n) is 37.8. The predicted octanol–water partition coefficient (Wildman–Crippen LogP) is 7.22. The summed E-state index contributed by atoms with van der Waals surface area (Å²) in [6.07, 6.45) is 18.7. The van der Waals surface area contributed by atoms with Gasteiger partial charge < -0.3 is 34.8 Å². The molecule has 0 saturated carbocycles. The van der Waals surface area contributed by atoms with Crippen LogP contribution in [0.15, 0.2) is 23.9 Å². The van der Waals surface area contributed by atoms with Crippen molar-refractivity contribution in [1.29, 1.82) is 0 Å². The van der Waals surface area contributed by atoms with Crippen molar-refractivity contribution in [3.63, 3.8) is 0 Å². The van der Waals surface area contributed by atoms with Gasteiger partial charge in [-0.05, 0) is 99.8 Å². The van der Waals surface area contributed by atoms with E-state index in [-0.39, 0.29) is 59.6 Å². The van der Waals surface area contributed by atoms with E-state index in [9.17, 15) is 14.7 Å². The Kier molecular flexibility index (Phi) is 15.7. The maximum Gasteiger partial charge on any atom is 2.00 e. The fraction of sp³-hybridized carbons (Fsp3) is 0.520. The van der Waals surface area contributed by atoms with E-state index in [1.165, 1.54) is 38.4 Å². The van der Waals surface area contributed by atoms with Crippen LogP contribution in [-0.4, -0.2) is 64.8 Å². The van der Waals surface area contributed by atoms with E-state index in [0.29, 0.717) is 28.3 Å². The van der Waals surface area contributed by atoms with Crippen LogP contribution in [0.3, 0.4) is 0 Å². The van der Waals surface area contributed by atoms with Gasteiger partial charge in [0, 0.05) is 22.3 Å². The molecule has 3 aromatic heterocycles. The molecule has 0 radical (unpaired) electrons. The Bertz CT molecular complexity index is 2410. The molecule has 6 rings (SSSR count). The fourth-order valence-corrected chi connectivity index (χ4v) is 9.48. The van der Waals surface area contributed by atoms with E-state index in [4.69, 9.17) is 24.8 Å². The molecule has 0 aromatic carbocycles. The summed E-state index contributed by atoms with van der Waals surface area (Å²) < 4.78 is 11.1. The molecule has 1 unspecified atom stereocenters. The van der Waals surface area contributed by atoms with Crippen LogP contribution in [-0.2, 0) is 25.5 Å². The van der Waals surface area contributed by atoms with Crippen LogP contribution in [0.5, 0.6) is 0 Å². The standard InChI is InChI=1S/C50H65N4O5.Mg/c1-12-34-30(7)37-24-39-32(9)36(20-21-43(55)59-23-22-29(6)19-15-18-28(5)17-14-16-27(3)4)47(53-39)45-46(50(57)58-11)49(56)44-33(10)40(54-48(44)45)26-42-35(13-2)31(8)38(52-42)25-41(34)51-37;/h12,22,24-28,32,36,46-47,52,56H,1,13-21,23H2,2-11H3;/q-3;+2/b29-22+,38-25-,39-24-,42-26-;/t28-,32+,36+,46-,47?;/m1./s1. The maximum atomic E-state index is 13.6. The SMILES string of the molecule is C=Cc1c2[n-]c(c1C)/C=C1\[N-]C(C3=c4[n-]c(c(C)c4=C(O)[C@@H]3C(=O)OC)/C=c3\[nH]/c(c(C)c3CC)=C\2)[C@@H](CCC(=O)OC/C=C(\C)CCC[C@H](C)CCCC(C)C)[C@@H]1C.[Mg+2]. The first-order valence-electron chi connectivity index (χ1n) is 21.8. The number of aromatic amines is 1. The number of esters is 2. The van der Waals surface area contributed by atoms with Crippen molar-refractivity contribution in [3.05, 3.63) is 95.4 Å². The third kappa shape index (κ3) is 9.65. The number of H-pyrrole nitrogens is 1. The van der Waals surface area contributed by atoms with Crippen LogP contribution in [0.1, 0.15) is 138 Å². The van der Waals surface area contributed by atoms with Crippen LogP contribution < -0.4 is 31.2 Å². The van der Waals surface area contributed by atoms with Crippen LogP contribution in [0.2, 0.25) is 0 Å². The van der Waals surface area contributed by atoms with Gasteiger partial charge >= 0.3 is 35.0 Å². The van der Waals surface area contributed by atoms with Gasteiger partial charge in [0.1, 0.15) is 18.3 Å². The minimum Gasteiger partial charge on any atom is -0.681 e. The van der Waals surface area contributed by atoms with Crippen molar-refractivity contribution < 1.29 is 24.2 Å². The minimum absolute atomic E-state index is 0. The van der Waals surface area contributed by atoms with Gasteiger partial charge in [-0.25, -0.2) is 0 Å². The summed E-state index contributed by atoms with van der Waals surface area (Å²) in [6.45, 7) is 23.7. The smallest absolute Gasteiger partial charge is 0.681 e. The predicted molar refractivity (Wildman–Crippen MR) is 244 cm³/mol. The Morgan fingerprint density at radius 1 is 0.950 bits per heavy atom. The summed E-state index contributed by atoms with van der Waals surface area (Å²) in [5, 5.41) is 20.2. The van der Waals surface area contributed by atoms with Gasteiger partial charge in [-0.1, -0.05) is 119 Å². The third-order valence-corrected chi connectivity index (χ3v) is 13.2. The van der Waals surface area contributed by atoms with Crippen molar-refractivity contribution in [3.8, 4) is 0 Å². The number of methoxy groups -OCH3 is 1. The second-order valence-corrected chi connectivity index (χ2v) is 17.7. The molecule has 1 saturated heterocycles. The topological polar surface area (TPSA) is 131 Å². The minimum atomic E-state index is -1.06. The van der Waals surface area contributed by atoms with E-state index in [2.05, 4.69) is 66.1 Å². The van der Waals surface area contributed by atoms with E-state index in [1.54, 1.807) is 0 Å². The van der Waals surface area contributed by atoms with Crippen LogP contribution in [0.4, 0.5) is 0 Å². The van der Waals surface area contributed by atoms with E-state index in [1.807, 2.05) is 38.2 Å². The molecule has 0 spiro atoms. The largest absolute Gasteiger partial charge is 2.00 e. The van der Waals surface area contributed by atoms with Crippen molar-refractivity contribution >= 4 is 70.6 Å². The van der Waals surface area contributed by atoms with Crippen LogP contribution in [0, 0.1) is 50.4 Å². The number of allylic oxidation sites excluding steroid dienone is 2. The Morgan fingerprint density at radius 2 is 1.65 bits per heavy atom. The Hall–Kier alpha value is -4.15. The van der Waals surface area contributed by atoms with Gasteiger partial charge in [0.05, 0.1) is 7.11 Å². The number of nitrogens with zero attached hydrogens (tertiary/aromatic N) is 3. The molecule has 1 aliphatic carbocycles. The molecule has 2 N–H and O–H groups in total. The third-order valence-electron chi connectivity index (χ3n) is 13.2. The molecule has 0 amide bonds. The van der Waals surface area contributed by atoms with Crippen molar-refractivity contribution in [1.82, 2.24) is 15.0 Å². The van der Waals surface area contributed by atoms with Crippen LogP contribution in [0.25, 0.3) is 41.0 Å². The van der Waals surface area contributed by atoms with Gasteiger partial charge in [-0.3, -0.25) is 9.59 Å². The number of nitrogens with one attached hydrogen (secondary N) is 1. The first-order chi connectivity index (χ1) is 28.2. The normalized spacial score (nSPS) is 21.9. The van der Waals surface area contributed by atoms with Crippen molar-refractivity contribution in [2.75, 3.05) is 13.7 Å². The number of rotatable bonds is 16. The Balaban J connectivity index is 0.00000683. The molecule has 9 nitrogen and oxygen atoms in total. The zero-order valence-corrected chi connectivity index (χ0v) is 39.2. The fourth-order valence-electron chi connectivity index (χ4n) is 9.48. The number of fused-ring (bicyclic) bond motifs is 8. The molecular formula is C50H65MgN4O5-. The zero-order chi connectivity index (χ0) is 42.7. The second-order valence-electron chi connectivity index (χ2n) is 17.7. The summed E-state index contributed by atoms with van der Waals surface area (Å²) in [5.41, 5.74) is 9.98. The second kappa shape index (κ2) is 20.1. The quantitative estimate of drug-likeness (QED) is 0.0887. The summed E-state index contributed by atoms with van der Waals surface area (Å²) in [4.78, 5) is 40.8. The number of aliphatic hydroxyl groups is 1. The van der Waals surface area contributed by atoms with Crippen molar-refractivity contribution in [2.24, 2.45) is 29.6 Å². The van der Waals surface area contributed by atoms with Gasteiger partial charge in [0.25, 0.3) is 0 Å². The van der Waals surface area contributed by atoms with Gasteiger partial charge in [-0.2, -0.15) is 5.70 Å². The molecule has 3 aromatic rings. The van der Waals surface area contributed by atoms with E-state index in [0.717, 1.165) is 86.7 Å². The van der Waals surface area contributed by atoms with E-state index >= 15 is 0 Å². The molecular weight excluding hydrogens is 761 g/mol. The number of hydrogen-bond acceptors (Lipinski definition) is 5. The number of carbonyl (C=O) groups is 2. The number of carbonyl (C=O) groups excluding carboxylic acids is 2. The molecule has 10 heteroatoms. The average Bonchev–Trinajstić information content (AvgIpc) is 3.94. The Morgan fingerprint density at radius 3 is 2.33 bits per heavy atom. The van der Waals surface area contributed by atoms with Gasteiger partial charge in [0.2, 0.25) is 0 Å². The molecule has 5 atom stereocenters. The average molecular weight is 826 g/mol. The summed E-state index contributed by atoms with van der Waals surface area (Å²) in [6, 6.07) is -0.563. The van der Waals surface area contributed by atoms with E-state index < -0.39 is 17.9 Å². The van der Waals surface area contributed by atoms with Gasteiger partial charge in [-0.15, -0.1) is 22.4 Å². The monoisotopic (exact) mass is 825 g/mol. The molecule has 60 heavy (non-hydrogen) atoms. The number of aromatic nitrogens is 3. The summed E-state index contributed by atoms with van der Waals surface area (Å²) >= 11 is 0. The molecule has 3 aliphatic rings. The first kappa shape index (κ1) is 46.9. The van der Waals surface area contributed by atoms with Crippen LogP contribution >= 0.6 is 0 Å². The van der Waals surface area contributed by atoms with Crippen molar-refractivity contribution in [2.45, 2.75) is 126 Å². The number of hydrogen-bond donors (Lipinski definition) is 2. The van der Waals surface area contributed by atoms with Gasteiger partial charge in [0.15, 0.2) is 0 Å². The molecule has 5 heterocycles. The molecule has 8 bridgehead atoms. The molecule has 1 fully saturated rings. The number of aliphatic hydroxyl groups excluding tert-OH is 1. The summed E-state index contributed by atoms with van der Waals surface area (Å²) in [5.74, 6) is -0.814. The Labute approximate surface area is 372 Å². The first-order valence-corrected chi connectivity index (χ1v) is 21.8. The molecule has 318 valence electrons. The number of ether oxygens (including phenoxy) is 2. The maximum absolute atomic E-state index is 13.6.